The molecular formula is C10H16Cl3NS. The number of rotatable bonds is 7. The van der Waals surface area contributed by atoms with Crippen LogP contribution in [0.5, 0.6) is 0 Å². The smallest absolute Gasteiger partial charge is 0.0351 e. The molecule has 0 aliphatic carbocycles. The van der Waals surface area contributed by atoms with Crippen LogP contribution in [-0.4, -0.2) is 36.3 Å². The van der Waals surface area contributed by atoms with Crippen LogP contribution in [0.4, 0.5) is 0 Å². The summed E-state index contributed by atoms with van der Waals surface area (Å²) in [6, 6.07) is 4.26. The summed E-state index contributed by atoms with van der Waals surface area (Å²) in [7, 11) is 0. The van der Waals surface area contributed by atoms with Gasteiger partial charge in [-0.1, -0.05) is 6.07 Å². The van der Waals surface area contributed by atoms with Crippen molar-refractivity contribution in [3.8, 4) is 0 Å². The summed E-state index contributed by atoms with van der Waals surface area (Å²) in [6.45, 7) is 2.92. The van der Waals surface area contributed by atoms with Gasteiger partial charge < -0.3 is 4.90 Å². The van der Waals surface area contributed by atoms with E-state index in [0.29, 0.717) is 11.8 Å². The molecule has 0 spiro atoms. The van der Waals surface area contributed by atoms with Gasteiger partial charge in [0, 0.05) is 36.3 Å². The SMILES string of the molecule is Cl.ClCCN(CCCl)CCc1cccs1. The van der Waals surface area contributed by atoms with Crippen molar-refractivity contribution >= 4 is 46.9 Å². The average Bonchev–Trinajstić information content (AvgIpc) is 2.67. The lowest BCUT2D eigenvalue weighted by Gasteiger charge is -2.19. The van der Waals surface area contributed by atoms with E-state index in [4.69, 9.17) is 23.2 Å². The van der Waals surface area contributed by atoms with Crippen LogP contribution in [0.15, 0.2) is 17.5 Å². The van der Waals surface area contributed by atoms with Crippen LogP contribution in [0.25, 0.3) is 0 Å². The zero-order valence-corrected chi connectivity index (χ0v) is 11.6. The first-order chi connectivity index (χ1) is 6.86. The maximum absolute atomic E-state index is 5.71. The minimum Gasteiger partial charge on any atom is -0.301 e. The summed E-state index contributed by atoms with van der Waals surface area (Å²) in [6.07, 6.45) is 1.10. The molecule has 0 fully saturated rings. The maximum Gasteiger partial charge on any atom is 0.0351 e. The van der Waals surface area contributed by atoms with E-state index in [2.05, 4.69) is 22.4 Å². The third-order valence-corrected chi connectivity index (χ3v) is 3.33. The molecule has 0 amide bonds. The molecule has 0 aliphatic heterocycles. The molecule has 0 N–H and O–H groups in total. The number of thiophene rings is 1. The molecule has 1 aromatic rings. The molecule has 0 bridgehead atoms. The van der Waals surface area contributed by atoms with E-state index >= 15 is 0 Å². The fraction of sp³-hybridized carbons (Fsp3) is 0.600. The molecule has 0 unspecified atom stereocenters. The van der Waals surface area contributed by atoms with Crippen molar-refractivity contribution in [1.82, 2.24) is 4.90 Å². The third kappa shape index (κ3) is 6.64. The highest BCUT2D eigenvalue weighted by molar-refractivity contribution is 7.09. The molecule has 1 nitrogen and oxygen atoms in total. The van der Waals surface area contributed by atoms with Gasteiger partial charge in [0.2, 0.25) is 0 Å². The molecule has 88 valence electrons. The topological polar surface area (TPSA) is 3.24 Å². The van der Waals surface area contributed by atoms with Gasteiger partial charge >= 0.3 is 0 Å². The molecule has 0 radical (unpaired) electrons. The number of hydrogen-bond acceptors (Lipinski definition) is 2. The van der Waals surface area contributed by atoms with Gasteiger partial charge in [-0.05, 0) is 17.9 Å². The first kappa shape index (κ1) is 15.5. The predicted molar refractivity (Wildman–Crippen MR) is 73.2 cm³/mol. The van der Waals surface area contributed by atoms with E-state index in [0.717, 1.165) is 26.1 Å². The Bertz CT molecular complexity index is 223. The Morgan fingerprint density at radius 3 is 2.27 bits per heavy atom. The number of halogens is 3. The molecule has 0 saturated carbocycles. The van der Waals surface area contributed by atoms with Crippen LogP contribution in [0, 0.1) is 0 Å². The molecule has 5 heteroatoms. The molecule has 1 aromatic heterocycles. The summed E-state index contributed by atoms with van der Waals surface area (Å²) in [5.41, 5.74) is 0. The van der Waals surface area contributed by atoms with Crippen molar-refractivity contribution in [2.24, 2.45) is 0 Å². The van der Waals surface area contributed by atoms with Crippen molar-refractivity contribution in [2.45, 2.75) is 6.42 Å². The van der Waals surface area contributed by atoms with Gasteiger partial charge in [-0.2, -0.15) is 0 Å². The van der Waals surface area contributed by atoms with Crippen molar-refractivity contribution in [1.29, 1.82) is 0 Å². The summed E-state index contributed by atoms with van der Waals surface area (Å²) in [5.74, 6) is 1.36. The van der Waals surface area contributed by atoms with Gasteiger partial charge in [0.15, 0.2) is 0 Å². The van der Waals surface area contributed by atoms with E-state index in [-0.39, 0.29) is 12.4 Å². The van der Waals surface area contributed by atoms with Gasteiger partial charge in [0.25, 0.3) is 0 Å². The molecule has 0 aliphatic rings. The van der Waals surface area contributed by atoms with Gasteiger partial charge in [0.1, 0.15) is 0 Å². The quantitative estimate of drug-likeness (QED) is 0.694. The van der Waals surface area contributed by atoms with Crippen LogP contribution >= 0.6 is 46.9 Å². The van der Waals surface area contributed by atoms with Crippen LogP contribution < -0.4 is 0 Å². The summed E-state index contributed by atoms with van der Waals surface area (Å²) < 4.78 is 0. The Kier molecular flexibility index (Phi) is 10.1. The van der Waals surface area contributed by atoms with E-state index < -0.39 is 0 Å². The van der Waals surface area contributed by atoms with Crippen LogP contribution in [-0.2, 0) is 6.42 Å². The van der Waals surface area contributed by atoms with E-state index in [9.17, 15) is 0 Å². The fourth-order valence-electron chi connectivity index (χ4n) is 1.30. The standard InChI is InChI=1S/C10H15Cl2NS.ClH/c11-4-7-13(8-5-12)6-3-10-2-1-9-14-10;/h1-2,9H,3-8H2;1H. The Hall–Kier alpha value is 0.530. The van der Waals surface area contributed by atoms with Gasteiger partial charge in [-0.15, -0.1) is 46.9 Å². The second-order valence-electron chi connectivity index (χ2n) is 3.05. The summed E-state index contributed by atoms with van der Waals surface area (Å²) in [5, 5.41) is 2.11. The predicted octanol–water partition coefficient (Wildman–Crippen LogP) is 3.49. The van der Waals surface area contributed by atoms with Crippen LogP contribution in [0.1, 0.15) is 4.88 Å². The lowest BCUT2D eigenvalue weighted by Crippen LogP contribution is -2.29. The fourth-order valence-corrected chi connectivity index (χ4v) is 2.47. The lowest BCUT2D eigenvalue weighted by molar-refractivity contribution is 0.312. The van der Waals surface area contributed by atoms with Crippen LogP contribution in [0.2, 0.25) is 0 Å². The third-order valence-electron chi connectivity index (χ3n) is 2.06. The average molecular weight is 289 g/mol. The van der Waals surface area contributed by atoms with Crippen molar-refractivity contribution in [3.63, 3.8) is 0 Å². The molecule has 1 heterocycles. The summed E-state index contributed by atoms with van der Waals surface area (Å²) in [4.78, 5) is 3.74. The number of alkyl halides is 2. The molecule has 1 rings (SSSR count). The minimum absolute atomic E-state index is 0. The molecule has 15 heavy (non-hydrogen) atoms. The van der Waals surface area contributed by atoms with Crippen molar-refractivity contribution in [2.75, 3.05) is 31.4 Å². The van der Waals surface area contributed by atoms with E-state index in [1.54, 1.807) is 0 Å². The molecular weight excluding hydrogens is 273 g/mol. The zero-order valence-electron chi connectivity index (χ0n) is 8.49. The second-order valence-corrected chi connectivity index (χ2v) is 4.84. The Labute approximate surface area is 112 Å². The van der Waals surface area contributed by atoms with Gasteiger partial charge in [-0.25, -0.2) is 0 Å². The highest BCUT2D eigenvalue weighted by atomic mass is 35.5. The first-order valence-electron chi connectivity index (χ1n) is 4.73. The summed E-state index contributed by atoms with van der Waals surface area (Å²) >= 11 is 13.2. The Balaban J connectivity index is 0.00000196. The number of hydrogen-bond donors (Lipinski definition) is 0. The maximum atomic E-state index is 5.71. The second kappa shape index (κ2) is 9.73. The molecule has 0 saturated heterocycles. The van der Waals surface area contributed by atoms with E-state index in [1.807, 2.05) is 11.3 Å². The first-order valence-corrected chi connectivity index (χ1v) is 6.68. The minimum atomic E-state index is 0. The number of nitrogens with zero attached hydrogens (tertiary/aromatic N) is 1. The largest absolute Gasteiger partial charge is 0.301 e. The molecule has 0 aromatic carbocycles. The lowest BCUT2D eigenvalue weighted by atomic mass is 10.3. The highest BCUT2D eigenvalue weighted by Gasteiger charge is 2.03. The van der Waals surface area contributed by atoms with E-state index in [1.165, 1.54) is 4.88 Å². The van der Waals surface area contributed by atoms with Gasteiger partial charge in [-0.3, -0.25) is 0 Å². The highest BCUT2D eigenvalue weighted by Crippen LogP contribution is 2.09. The zero-order chi connectivity index (χ0) is 10.2. The van der Waals surface area contributed by atoms with Gasteiger partial charge in [0.05, 0.1) is 0 Å². The normalized spacial score (nSPS) is 10.3. The Morgan fingerprint density at radius 1 is 1.13 bits per heavy atom. The van der Waals surface area contributed by atoms with Crippen LogP contribution in [0.3, 0.4) is 0 Å². The van der Waals surface area contributed by atoms with Crippen molar-refractivity contribution < 1.29 is 0 Å². The molecule has 0 atom stereocenters. The van der Waals surface area contributed by atoms with Crippen molar-refractivity contribution in [3.05, 3.63) is 22.4 Å². The Morgan fingerprint density at radius 2 is 1.80 bits per heavy atom. The monoisotopic (exact) mass is 287 g/mol.